The fourth-order valence-corrected chi connectivity index (χ4v) is 6.04. The summed E-state index contributed by atoms with van der Waals surface area (Å²) in [5.41, 5.74) is 1.99. The molecule has 1 fully saturated rings. The number of fused-ring (bicyclic) bond motifs is 1. The molecule has 0 spiro atoms. The van der Waals surface area contributed by atoms with Crippen LogP contribution in [0.1, 0.15) is 18.1 Å². The lowest BCUT2D eigenvalue weighted by Gasteiger charge is -2.12. The van der Waals surface area contributed by atoms with Gasteiger partial charge in [0, 0.05) is 6.54 Å². The molecule has 0 unspecified atom stereocenters. The molecule has 0 aromatic heterocycles. The Balaban J connectivity index is 1.53. The van der Waals surface area contributed by atoms with Crippen LogP contribution in [0.4, 0.5) is 0 Å². The number of ether oxygens (including phenoxy) is 1. The summed E-state index contributed by atoms with van der Waals surface area (Å²) >= 11 is 13.8. The molecule has 0 saturated carbocycles. The maximum Gasteiger partial charge on any atom is 0.266 e. The summed E-state index contributed by atoms with van der Waals surface area (Å²) in [5, 5.41) is 2.40. The molecule has 0 radical (unpaired) electrons. The molecule has 0 N–H and O–H groups in total. The Kier molecular flexibility index (Phi) is 6.63. The van der Waals surface area contributed by atoms with Gasteiger partial charge >= 0.3 is 0 Å². The van der Waals surface area contributed by atoms with E-state index in [-0.39, 0.29) is 5.91 Å². The molecule has 1 aliphatic rings. The summed E-state index contributed by atoms with van der Waals surface area (Å²) in [7, 11) is 0. The number of hydrogen-bond donors (Lipinski definition) is 0. The average Bonchev–Trinajstić information content (AvgIpc) is 2.99. The summed E-state index contributed by atoms with van der Waals surface area (Å²) in [4.78, 5) is 14.7. The molecule has 3 aromatic rings. The molecule has 3 nitrogen and oxygen atoms in total. The monoisotopic (exact) mass is 561 g/mol. The first kappa shape index (κ1) is 21.6. The van der Waals surface area contributed by atoms with Gasteiger partial charge in [-0.3, -0.25) is 9.69 Å². The van der Waals surface area contributed by atoms with Gasteiger partial charge in [-0.25, -0.2) is 0 Å². The Bertz CT molecular complexity index is 1170. The molecule has 7 heteroatoms. The van der Waals surface area contributed by atoms with E-state index in [1.54, 1.807) is 4.90 Å². The zero-order chi connectivity index (χ0) is 21.3. The zero-order valence-corrected chi connectivity index (χ0v) is 20.8. The Labute approximate surface area is 201 Å². The molecule has 3 aromatic carbocycles. The summed E-state index contributed by atoms with van der Waals surface area (Å²) in [6.45, 7) is 2.95. The Morgan fingerprint density at radius 3 is 2.43 bits per heavy atom. The largest absolute Gasteiger partial charge is 0.487 e. The Morgan fingerprint density at radius 1 is 1.07 bits per heavy atom. The molecule has 30 heavy (non-hydrogen) atoms. The number of benzene rings is 3. The number of carbonyl (C=O) groups is 1. The smallest absolute Gasteiger partial charge is 0.266 e. The Hall–Kier alpha value is -1.67. The highest BCUT2D eigenvalue weighted by Gasteiger charge is 2.30. The van der Waals surface area contributed by atoms with E-state index in [0.29, 0.717) is 22.4 Å². The molecule has 0 bridgehead atoms. The van der Waals surface area contributed by atoms with Crippen molar-refractivity contribution < 1.29 is 9.53 Å². The van der Waals surface area contributed by atoms with Crippen molar-refractivity contribution in [3.05, 3.63) is 79.6 Å². The van der Waals surface area contributed by atoms with Crippen molar-refractivity contribution in [3.63, 3.8) is 0 Å². The summed E-state index contributed by atoms with van der Waals surface area (Å²) < 4.78 is 8.31. The molecule has 152 valence electrons. The number of thioether (sulfide) groups is 1. The molecule has 1 heterocycles. The van der Waals surface area contributed by atoms with Crippen molar-refractivity contribution in [1.29, 1.82) is 0 Å². The van der Waals surface area contributed by atoms with E-state index in [2.05, 4.69) is 62.2 Å². The van der Waals surface area contributed by atoms with Crippen LogP contribution in [-0.2, 0) is 11.4 Å². The molecule has 1 amide bonds. The van der Waals surface area contributed by atoms with Gasteiger partial charge < -0.3 is 4.74 Å². The van der Waals surface area contributed by atoms with Gasteiger partial charge in [-0.2, -0.15) is 0 Å². The van der Waals surface area contributed by atoms with Crippen molar-refractivity contribution in [3.8, 4) is 5.75 Å². The van der Waals surface area contributed by atoms with E-state index in [4.69, 9.17) is 17.0 Å². The normalized spacial score (nSPS) is 15.4. The van der Waals surface area contributed by atoms with Crippen LogP contribution in [0.15, 0.2) is 68.4 Å². The third-order valence-corrected chi connectivity index (χ3v) is 7.26. The fraction of sp³-hybridized carbons (Fsp3) is 0.130. The highest BCUT2D eigenvalue weighted by molar-refractivity contribution is 9.11. The maximum absolute atomic E-state index is 12.4. The van der Waals surface area contributed by atoms with E-state index in [0.717, 1.165) is 25.8 Å². The lowest BCUT2D eigenvalue weighted by Crippen LogP contribution is -2.27. The lowest BCUT2D eigenvalue weighted by molar-refractivity contribution is -0.121. The molecule has 4 rings (SSSR count). The molecule has 0 aliphatic carbocycles. The average molecular weight is 563 g/mol. The van der Waals surface area contributed by atoms with Crippen molar-refractivity contribution >= 4 is 82.9 Å². The topological polar surface area (TPSA) is 29.5 Å². The van der Waals surface area contributed by atoms with Crippen molar-refractivity contribution in [2.45, 2.75) is 13.5 Å². The minimum atomic E-state index is -0.0450. The molecule has 0 atom stereocenters. The minimum Gasteiger partial charge on any atom is -0.487 e. The zero-order valence-electron chi connectivity index (χ0n) is 16.0. The number of likely N-dealkylation sites (N-methyl/N-ethyl adjacent to an activating group) is 1. The number of amides is 1. The number of halogens is 2. The fourth-order valence-electron chi connectivity index (χ4n) is 3.21. The lowest BCUT2D eigenvalue weighted by atomic mass is 10.1. The van der Waals surface area contributed by atoms with E-state index >= 15 is 0 Å². The predicted molar refractivity (Wildman–Crippen MR) is 136 cm³/mol. The SMILES string of the molecule is CCN1C(=O)/C(=C/c2cc(Br)c(OCc3ccc4ccccc4c3)c(Br)c2)SC1=S. The van der Waals surface area contributed by atoms with Crippen LogP contribution >= 0.6 is 55.8 Å². The van der Waals surface area contributed by atoms with E-state index in [9.17, 15) is 4.79 Å². The molecule has 1 saturated heterocycles. The number of nitrogens with zero attached hydrogens (tertiary/aromatic N) is 1. The summed E-state index contributed by atoms with van der Waals surface area (Å²) in [6, 6.07) is 18.5. The van der Waals surface area contributed by atoms with Crippen LogP contribution in [-0.4, -0.2) is 21.7 Å². The van der Waals surface area contributed by atoms with E-state index < -0.39 is 0 Å². The minimum absolute atomic E-state index is 0.0450. The van der Waals surface area contributed by atoms with Gasteiger partial charge in [0.05, 0.1) is 13.9 Å². The first-order chi connectivity index (χ1) is 14.5. The van der Waals surface area contributed by atoms with Crippen LogP contribution in [0.25, 0.3) is 16.8 Å². The van der Waals surface area contributed by atoms with Crippen LogP contribution in [0, 0.1) is 0 Å². The number of hydrogen-bond acceptors (Lipinski definition) is 4. The first-order valence-electron chi connectivity index (χ1n) is 9.31. The molecular weight excluding hydrogens is 546 g/mol. The van der Waals surface area contributed by atoms with Gasteiger partial charge in [-0.15, -0.1) is 0 Å². The molecule has 1 aliphatic heterocycles. The highest BCUT2D eigenvalue weighted by atomic mass is 79.9. The standard InChI is InChI=1S/C23H17Br2NO2S2/c1-2-26-22(27)20(30-23(26)29)12-15-10-18(24)21(19(25)11-15)28-13-14-7-8-16-5-3-4-6-17(16)9-14/h3-12H,2,13H2,1H3/b20-12-. The highest BCUT2D eigenvalue weighted by Crippen LogP contribution is 2.38. The van der Waals surface area contributed by atoms with Crippen molar-refractivity contribution in [2.75, 3.05) is 6.54 Å². The third-order valence-electron chi connectivity index (χ3n) is 4.71. The van der Waals surface area contributed by atoms with Crippen LogP contribution < -0.4 is 4.74 Å². The predicted octanol–water partition coefficient (Wildman–Crippen LogP) is 7.16. The maximum atomic E-state index is 12.4. The third kappa shape index (κ3) is 4.49. The van der Waals surface area contributed by atoms with Crippen LogP contribution in [0.2, 0.25) is 0 Å². The van der Waals surface area contributed by atoms with Gasteiger partial charge in [0.25, 0.3) is 5.91 Å². The van der Waals surface area contributed by atoms with Gasteiger partial charge in [0.1, 0.15) is 16.7 Å². The summed E-state index contributed by atoms with van der Waals surface area (Å²) in [6.07, 6.45) is 1.86. The van der Waals surface area contributed by atoms with E-state index in [1.165, 1.54) is 22.5 Å². The van der Waals surface area contributed by atoms with Gasteiger partial charge in [0.2, 0.25) is 0 Å². The molecular formula is C23H17Br2NO2S2. The van der Waals surface area contributed by atoms with Gasteiger partial charge in [0.15, 0.2) is 0 Å². The van der Waals surface area contributed by atoms with Crippen LogP contribution in [0.5, 0.6) is 5.75 Å². The van der Waals surface area contributed by atoms with E-state index in [1.807, 2.05) is 37.3 Å². The van der Waals surface area contributed by atoms with Crippen LogP contribution in [0.3, 0.4) is 0 Å². The van der Waals surface area contributed by atoms with Gasteiger partial charge in [-0.1, -0.05) is 60.4 Å². The quantitative estimate of drug-likeness (QED) is 0.243. The second-order valence-corrected chi connectivity index (χ2v) is 10.1. The second-order valence-electron chi connectivity index (χ2n) is 6.71. The first-order valence-corrected chi connectivity index (χ1v) is 12.1. The number of rotatable bonds is 5. The number of thiocarbonyl (C=S) groups is 1. The van der Waals surface area contributed by atoms with Gasteiger partial charge in [-0.05, 0) is 85.0 Å². The summed E-state index contributed by atoms with van der Waals surface area (Å²) in [5.74, 6) is 0.679. The second kappa shape index (κ2) is 9.22. The van der Waals surface area contributed by atoms with Crippen molar-refractivity contribution in [2.24, 2.45) is 0 Å². The van der Waals surface area contributed by atoms with Crippen molar-refractivity contribution in [1.82, 2.24) is 4.90 Å². The Morgan fingerprint density at radius 2 is 1.77 bits per heavy atom. The number of carbonyl (C=O) groups excluding carboxylic acids is 1.